The van der Waals surface area contributed by atoms with Crippen LogP contribution in [0.5, 0.6) is 0 Å². The van der Waals surface area contributed by atoms with E-state index in [0.717, 1.165) is 32.5 Å². The molecule has 3 heterocycles. The molecule has 5 heteroatoms. The van der Waals surface area contributed by atoms with Crippen LogP contribution in [0.25, 0.3) is 0 Å². The van der Waals surface area contributed by atoms with Crippen LogP contribution in [0.1, 0.15) is 12.8 Å². The Hall–Kier alpha value is -0.870. The summed E-state index contributed by atoms with van der Waals surface area (Å²) < 4.78 is 19.0. The Morgan fingerprint density at radius 2 is 2.12 bits per heavy atom. The molecule has 0 radical (unpaired) electrons. The summed E-state index contributed by atoms with van der Waals surface area (Å²) in [6, 6.07) is 1.31. The van der Waals surface area contributed by atoms with E-state index in [0.29, 0.717) is 10.8 Å². The third kappa shape index (κ3) is 1.76. The smallest absolute Gasteiger partial charge is 0.167 e. The first-order valence-electron chi connectivity index (χ1n) is 5.39. The molecule has 2 fully saturated rings. The molecule has 1 aromatic rings. The molecule has 0 unspecified atom stereocenters. The second-order valence-electron chi connectivity index (χ2n) is 4.42. The minimum atomic E-state index is -0.347. The number of nitrogens with zero attached hydrogens (tertiary/aromatic N) is 2. The Morgan fingerprint density at radius 1 is 1.44 bits per heavy atom. The van der Waals surface area contributed by atoms with Crippen LogP contribution < -0.4 is 4.90 Å². The number of epoxide rings is 1. The highest BCUT2D eigenvalue weighted by molar-refractivity contribution is 6.30. The number of ether oxygens (including phenoxy) is 1. The molecule has 0 amide bonds. The number of rotatable bonds is 1. The minimum absolute atomic E-state index is 0.111. The van der Waals surface area contributed by atoms with Gasteiger partial charge in [0.15, 0.2) is 11.6 Å². The van der Waals surface area contributed by atoms with Crippen LogP contribution in [0.3, 0.4) is 0 Å². The van der Waals surface area contributed by atoms with E-state index in [1.165, 1.54) is 12.3 Å². The van der Waals surface area contributed by atoms with E-state index >= 15 is 0 Å². The van der Waals surface area contributed by atoms with Crippen molar-refractivity contribution in [3.05, 3.63) is 23.1 Å². The van der Waals surface area contributed by atoms with Gasteiger partial charge in [-0.25, -0.2) is 9.37 Å². The normalized spacial score (nSPS) is 22.5. The molecule has 0 aliphatic carbocycles. The molecule has 1 aromatic heterocycles. The Kier molecular flexibility index (Phi) is 2.30. The van der Waals surface area contributed by atoms with E-state index in [-0.39, 0.29) is 11.4 Å². The van der Waals surface area contributed by atoms with Crippen LogP contribution in [0.4, 0.5) is 10.2 Å². The number of piperidine rings is 1. The lowest BCUT2D eigenvalue weighted by Gasteiger charge is -2.31. The van der Waals surface area contributed by atoms with Crippen molar-refractivity contribution in [3.8, 4) is 0 Å². The highest BCUT2D eigenvalue weighted by Crippen LogP contribution is 2.38. The van der Waals surface area contributed by atoms with Gasteiger partial charge in [0.1, 0.15) is 0 Å². The first-order valence-corrected chi connectivity index (χ1v) is 5.76. The van der Waals surface area contributed by atoms with E-state index < -0.39 is 0 Å². The Bertz CT molecular complexity index is 412. The van der Waals surface area contributed by atoms with Crippen molar-refractivity contribution in [3.63, 3.8) is 0 Å². The molecule has 16 heavy (non-hydrogen) atoms. The molecule has 1 spiro atoms. The molecule has 2 aliphatic heterocycles. The van der Waals surface area contributed by atoms with Crippen molar-refractivity contribution >= 4 is 17.4 Å². The number of anilines is 1. The van der Waals surface area contributed by atoms with Crippen molar-refractivity contribution in [1.82, 2.24) is 4.98 Å². The Balaban J connectivity index is 1.77. The van der Waals surface area contributed by atoms with E-state index in [2.05, 4.69) is 4.98 Å². The van der Waals surface area contributed by atoms with Gasteiger partial charge in [0.25, 0.3) is 0 Å². The molecule has 2 saturated heterocycles. The SMILES string of the molecule is Fc1cc(Cl)cnc1N1CCC2(CC1)CO2. The zero-order valence-corrected chi connectivity index (χ0v) is 9.50. The standard InChI is InChI=1S/C11H12ClFN2O/c12-8-5-9(13)10(14-6-8)15-3-1-11(2-4-15)7-16-11/h5-6H,1-4,7H2. The van der Waals surface area contributed by atoms with Crippen molar-refractivity contribution in [2.75, 3.05) is 24.6 Å². The van der Waals surface area contributed by atoms with Crippen molar-refractivity contribution in [2.45, 2.75) is 18.4 Å². The number of halogens is 2. The number of hydrogen-bond acceptors (Lipinski definition) is 3. The quantitative estimate of drug-likeness (QED) is 0.708. The largest absolute Gasteiger partial charge is 0.369 e. The van der Waals surface area contributed by atoms with Gasteiger partial charge in [-0.2, -0.15) is 0 Å². The molecule has 3 nitrogen and oxygen atoms in total. The van der Waals surface area contributed by atoms with Gasteiger partial charge in [0, 0.05) is 19.3 Å². The van der Waals surface area contributed by atoms with Crippen LogP contribution in [0.15, 0.2) is 12.3 Å². The molecule has 0 bridgehead atoms. The Morgan fingerprint density at radius 3 is 2.69 bits per heavy atom. The fraction of sp³-hybridized carbons (Fsp3) is 0.545. The number of hydrogen-bond donors (Lipinski definition) is 0. The van der Waals surface area contributed by atoms with E-state index in [9.17, 15) is 4.39 Å². The summed E-state index contributed by atoms with van der Waals surface area (Å²) >= 11 is 5.67. The summed E-state index contributed by atoms with van der Waals surface area (Å²) in [6.45, 7) is 2.45. The summed E-state index contributed by atoms with van der Waals surface area (Å²) in [5, 5.41) is 0.334. The lowest BCUT2D eigenvalue weighted by Crippen LogP contribution is -2.38. The molecule has 3 rings (SSSR count). The number of pyridine rings is 1. The van der Waals surface area contributed by atoms with Crippen LogP contribution in [-0.4, -0.2) is 30.3 Å². The van der Waals surface area contributed by atoms with Gasteiger partial charge in [-0.1, -0.05) is 11.6 Å². The van der Waals surface area contributed by atoms with E-state index in [1.807, 2.05) is 4.90 Å². The maximum Gasteiger partial charge on any atom is 0.167 e. The van der Waals surface area contributed by atoms with Gasteiger partial charge in [0.2, 0.25) is 0 Å². The summed E-state index contributed by atoms with van der Waals surface area (Å²) in [7, 11) is 0. The molecule has 2 aliphatic rings. The van der Waals surface area contributed by atoms with Gasteiger partial charge < -0.3 is 9.64 Å². The summed E-state index contributed by atoms with van der Waals surface area (Å²) in [4.78, 5) is 6.00. The van der Waals surface area contributed by atoms with Gasteiger partial charge in [-0.3, -0.25) is 0 Å². The molecule has 0 atom stereocenters. The lowest BCUT2D eigenvalue weighted by molar-refractivity contribution is 0.258. The zero-order chi connectivity index (χ0) is 11.2. The topological polar surface area (TPSA) is 28.7 Å². The molecule has 0 N–H and O–H groups in total. The molecule has 86 valence electrons. The molecule has 0 saturated carbocycles. The maximum absolute atomic E-state index is 13.6. The van der Waals surface area contributed by atoms with Crippen molar-refractivity contribution in [1.29, 1.82) is 0 Å². The molecular weight excluding hydrogens is 231 g/mol. The van der Waals surface area contributed by atoms with Crippen LogP contribution in [0, 0.1) is 5.82 Å². The van der Waals surface area contributed by atoms with Gasteiger partial charge in [-0.15, -0.1) is 0 Å². The minimum Gasteiger partial charge on any atom is -0.369 e. The van der Waals surface area contributed by atoms with E-state index in [1.54, 1.807) is 0 Å². The molecular formula is C11H12ClFN2O. The highest BCUT2D eigenvalue weighted by atomic mass is 35.5. The van der Waals surface area contributed by atoms with E-state index in [4.69, 9.17) is 16.3 Å². The third-order valence-corrected chi connectivity index (χ3v) is 3.52. The lowest BCUT2D eigenvalue weighted by atomic mass is 9.98. The fourth-order valence-electron chi connectivity index (χ4n) is 2.16. The van der Waals surface area contributed by atoms with Gasteiger partial charge in [0.05, 0.1) is 17.2 Å². The second kappa shape index (κ2) is 3.57. The summed E-state index contributed by atoms with van der Waals surface area (Å²) in [5.74, 6) is 0.0556. The van der Waals surface area contributed by atoms with Crippen LogP contribution in [0.2, 0.25) is 5.02 Å². The average Bonchev–Trinajstić information content (AvgIpc) is 3.00. The first-order chi connectivity index (χ1) is 7.69. The maximum atomic E-state index is 13.6. The summed E-state index contributed by atoms with van der Waals surface area (Å²) in [6.07, 6.45) is 3.39. The first kappa shape index (κ1) is 10.3. The van der Waals surface area contributed by atoms with Crippen LogP contribution >= 0.6 is 11.6 Å². The summed E-state index contributed by atoms with van der Waals surface area (Å²) in [5.41, 5.74) is 0.111. The van der Waals surface area contributed by atoms with Gasteiger partial charge >= 0.3 is 0 Å². The Labute approximate surface area is 98.2 Å². The second-order valence-corrected chi connectivity index (χ2v) is 4.85. The monoisotopic (exact) mass is 242 g/mol. The zero-order valence-electron chi connectivity index (χ0n) is 8.75. The third-order valence-electron chi connectivity index (χ3n) is 3.32. The highest BCUT2D eigenvalue weighted by Gasteiger charge is 2.46. The predicted molar refractivity (Wildman–Crippen MR) is 59.3 cm³/mol. The average molecular weight is 243 g/mol. The number of aromatic nitrogens is 1. The molecule has 0 aromatic carbocycles. The van der Waals surface area contributed by atoms with Crippen LogP contribution in [-0.2, 0) is 4.74 Å². The predicted octanol–water partition coefficient (Wildman–Crippen LogP) is 2.24. The fourth-order valence-corrected chi connectivity index (χ4v) is 2.30. The van der Waals surface area contributed by atoms with Gasteiger partial charge in [-0.05, 0) is 18.9 Å². The van der Waals surface area contributed by atoms with Crippen molar-refractivity contribution in [2.24, 2.45) is 0 Å². The van der Waals surface area contributed by atoms with Crippen molar-refractivity contribution < 1.29 is 9.13 Å².